The molecule has 2 N–H and O–H groups in total. The number of sulfone groups is 1. The molecule has 1 aliphatic rings. The fourth-order valence-corrected chi connectivity index (χ4v) is 5.67. The van der Waals surface area contributed by atoms with Crippen molar-refractivity contribution in [3.05, 3.63) is 0 Å². The lowest BCUT2D eigenvalue weighted by Gasteiger charge is -2.38. The zero-order valence-electron chi connectivity index (χ0n) is 10.7. The molecule has 0 aromatic rings. The summed E-state index contributed by atoms with van der Waals surface area (Å²) in [6.07, 6.45) is 3.59. The maximum atomic E-state index is 11.8. The van der Waals surface area contributed by atoms with E-state index in [2.05, 4.69) is 11.6 Å². The van der Waals surface area contributed by atoms with Crippen molar-refractivity contribution in [1.82, 2.24) is 4.72 Å². The van der Waals surface area contributed by atoms with Crippen LogP contribution in [0, 0.1) is 5.92 Å². The van der Waals surface area contributed by atoms with Gasteiger partial charge in [-0.3, -0.25) is 0 Å². The maximum absolute atomic E-state index is 11.8. The van der Waals surface area contributed by atoms with Crippen LogP contribution in [-0.2, 0) is 19.9 Å². The smallest absolute Gasteiger partial charge is 0.226 e. The van der Waals surface area contributed by atoms with Crippen LogP contribution in [0.4, 0.5) is 0 Å². The molecular formula is C10H21NO5S2. The highest BCUT2D eigenvalue weighted by molar-refractivity contribution is 8.06. The topological polar surface area (TPSA) is 101 Å². The van der Waals surface area contributed by atoms with E-state index in [0.717, 1.165) is 19.1 Å². The van der Waals surface area contributed by atoms with Crippen LogP contribution in [0.1, 0.15) is 32.6 Å². The van der Waals surface area contributed by atoms with Crippen LogP contribution in [0.2, 0.25) is 0 Å². The highest BCUT2D eigenvalue weighted by Crippen LogP contribution is 2.32. The molecule has 1 fully saturated rings. The Labute approximate surface area is 109 Å². The van der Waals surface area contributed by atoms with Crippen LogP contribution < -0.4 is 4.72 Å². The van der Waals surface area contributed by atoms with Crippen molar-refractivity contribution in [2.45, 2.75) is 38.1 Å². The van der Waals surface area contributed by atoms with E-state index >= 15 is 0 Å². The Balaban J connectivity index is 2.80. The van der Waals surface area contributed by atoms with Gasteiger partial charge in [0.2, 0.25) is 10.0 Å². The zero-order valence-corrected chi connectivity index (χ0v) is 12.3. The number of aliphatic hydroxyl groups excluding tert-OH is 1. The van der Waals surface area contributed by atoms with E-state index in [4.69, 9.17) is 0 Å². The van der Waals surface area contributed by atoms with Gasteiger partial charge in [-0.15, -0.1) is 0 Å². The molecular weight excluding hydrogens is 278 g/mol. The molecule has 0 spiro atoms. The van der Waals surface area contributed by atoms with E-state index in [9.17, 15) is 21.9 Å². The Morgan fingerprint density at radius 1 is 1.22 bits per heavy atom. The van der Waals surface area contributed by atoms with E-state index in [1.807, 2.05) is 0 Å². The second kappa shape index (κ2) is 5.44. The summed E-state index contributed by atoms with van der Waals surface area (Å²) in [6, 6.07) is 0. The molecule has 0 radical (unpaired) electrons. The van der Waals surface area contributed by atoms with Gasteiger partial charge >= 0.3 is 0 Å². The second-order valence-corrected chi connectivity index (χ2v) is 9.61. The Kier molecular flexibility index (Phi) is 4.80. The fraction of sp³-hybridized carbons (Fsp3) is 1.00. The van der Waals surface area contributed by atoms with E-state index in [-0.39, 0.29) is 6.61 Å². The zero-order chi connectivity index (χ0) is 14.0. The van der Waals surface area contributed by atoms with Crippen molar-refractivity contribution in [3.63, 3.8) is 0 Å². The molecule has 0 heterocycles. The van der Waals surface area contributed by atoms with Crippen LogP contribution in [0.5, 0.6) is 0 Å². The van der Waals surface area contributed by atoms with Crippen molar-refractivity contribution in [3.8, 4) is 0 Å². The SMILES string of the molecule is CC1CCC(CO)(NS(=O)(=O)CS(C)(=O)=O)CC1. The summed E-state index contributed by atoms with van der Waals surface area (Å²) in [7, 11) is -7.54. The average molecular weight is 299 g/mol. The van der Waals surface area contributed by atoms with Gasteiger partial charge in [0.1, 0.15) is 0 Å². The first-order valence-corrected chi connectivity index (χ1v) is 9.59. The first-order valence-electron chi connectivity index (χ1n) is 5.88. The van der Waals surface area contributed by atoms with E-state index in [1.165, 1.54) is 0 Å². The number of hydrogen-bond donors (Lipinski definition) is 2. The molecule has 0 bridgehead atoms. The molecule has 1 rings (SSSR count). The van der Waals surface area contributed by atoms with Crippen LogP contribution >= 0.6 is 0 Å². The number of aliphatic hydroxyl groups is 1. The summed E-state index contributed by atoms with van der Waals surface area (Å²) in [5, 5.41) is 8.48. The van der Waals surface area contributed by atoms with Gasteiger partial charge in [0.05, 0.1) is 12.1 Å². The fourth-order valence-electron chi connectivity index (χ4n) is 2.25. The summed E-state index contributed by atoms with van der Waals surface area (Å²) in [6.45, 7) is 1.77. The largest absolute Gasteiger partial charge is 0.394 e. The minimum Gasteiger partial charge on any atom is -0.394 e. The molecule has 108 valence electrons. The lowest BCUT2D eigenvalue weighted by Crippen LogP contribution is -2.54. The standard InChI is InChI=1S/C10H21NO5S2/c1-9-3-5-10(7-12,6-4-9)11-18(15,16)8-17(2,13)14/h9,11-12H,3-8H2,1-2H3. The van der Waals surface area contributed by atoms with Gasteiger partial charge in [0, 0.05) is 6.26 Å². The van der Waals surface area contributed by atoms with E-state index < -0.39 is 30.5 Å². The second-order valence-electron chi connectivity index (χ2n) is 5.38. The van der Waals surface area contributed by atoms with Crippen molar-refractivity contribution in [2.24, 2.45) is 5.92 Å². The molecule has 0 aromatic carbocycles. The van der Waals surface area contributed by atoms with Crippen molar-refractivity contribution < 1.29 is 21.9 Å². The summed E-state index contributed by atoms with van der Waals surface area (Å²) < 4.78 is 48.0. The minimum absolute atomic E-state index is 0.303. The van der Waals surface area contributed by atoms with Crippen molar-refractivity contribution in [2.75, 3.05) is 17.9 Å². The predicted octanol–water partition coefficient (Wildman–Crippen LogP) is -0.151. The van der Waals surface area contributed by atoms with Crippen LogP contribution in [0.3, 0.4) is 0 Å². The molecule has 1 saturated carbocycles. The number of sulfonamides is 1. The molecule has 0 saturated heterocycles. The third-order valence-corrected chi connectivity index (χ3v) is 6.97. The Morgan fingerprint density at radius 2 is 1.72 bits per heavy atom. The number of hydrogen-bond acceptors (Lipinski definition) is 5. The van der Waals surface area contributed by atoms with Crippen molar-refractivity contribution in [1.29, 1.82) is 0 Å². The summed E-state index contributed by atoms with van der Waals surface area (Å²) in [5.41, 5.74) is -0.893. The summed E-state index contributed by atoms with van der Waals surface area (Å²) in [5.74, 6) is 0.504. The minimum atomic E-state index is -3.92. The molecule has 18 heavy (non-hydrogen) atoms. The molecule has 0 aromatic heterocycles. The first kappa shape index (κ1) is 15.9. The molecule has 0 unspecified atom stereocenters. The van der Waals surface area contributed by atoms with Crippen LogP contribution in [-0.4, -0.2) is 45.4 Å². The summed E-state index contributed by atoms with van der Waals surface area (Å²) in [4.78, 5) is 0. The van der Waals surface area contributed by atoms with Gasteiger partial charge in [-0.05, 0) is 31.6 Å². The lowest BCUT2D eigenvalue weighted by atomic mass is 9.78. The number of nitrogens with one attached hydrogen (secondary N) is 1. The van der Waals surface area contributed by atoms with Crippen molar-refractivity contribution >= 4 is 19.9 Å². The first-order chi connectivity index (χ1) is 8.08. The highest BCUT2D eigenvalue weighted by atomic mass is 32.3. The van der Waals surface area contributed by atoms with Gasteiger partial charge in [0.15, 0.2) is 14.9 Å². The Bertz CT molecular complexity index is 474. The molecule has 0 atom stereocenters. The number of rotatable bonds is 5. The van der Waals surface area contributed by atoms with E-state index in [1.54, 1.807) is 0 Å². The van der Waals surface area contributed by atoms with Crippen LogP contribution in [0.15, 0.2) is 0 Å². The van der Waals surface area contributed by atoms with Gasteiger partial charge in [-0.25, -0.2) is 21.6 Å². The van der Waals surface area contributed by atoms with Crippen LogP contribution in [0.25, 0.3) is 0 Å². The third kappa shape index (κ3) is 4.83. The molecule has 0 amide bonds. The van der Waals surface area contributed by atoms with Gasteiger partial charge in [0.25, 0.3) is 0 Å². The predicted molar refractivity (Wildman–Crippen MR) is 69.2 cm³/mol. The molecule has 6 nitrogen and oxygen atoms in total. The van der Waals surface area contributed by atoms with E-state index in [0.29, 0.717) is 18.8 Å². The highest BCUT2D eigenvalue weighted by Gasteiger charge is 2.37. The molecule has 8 heteroatoms. The normalized spacial score (nSPS) is 30.3. The average Bonchev–Trinajstić information content (AvgIpc) is 2.18. The quantitative estimate of drug-likeness (QED) is 0.735. The lowest BCUT2D eigenvalue weighted by molar-refractivity contribution is 0.126. The van der Waals surface area contributed by atoms with Gasteiger partial charge in [-0.1, -0.05) is 6.92 Å². The Morgan fingerprint density at radius 3 is 2.11 bits per heavy atom. The monoisotopic (exact) mass is 299 g/mol. The summed E-state index contributed by atoms with van der Waals surface area (Å²) >= 11 is 0. The Hall–Kier alpha value is -0.180. The molecule has 0 aliphatic heterocycles. The maximum Gasteiger partial charge on any atom is 0.226 e. The molecule has 1 aliphatic carbocycles. The van der Waals surface area contributed by atoms with Gasteiger partial charge < -0.3 is 5.11 Å². The van der Waals surface area contributed by atoms with Gasteiger partial charge in [-0.2, -0.15) is 0 Å². The third-order valence-electron chi connectivity index (χ3n) is 3.28.